The number of halogens is 2. The molecule has 1 aromatic carbocycles. The van der Waals surface area contributed by atoms with Crippen molar-refractivity contribution in [3.8, 4) is 0 Å². The van der Waals surface area contributed by atoms with Crippen molar-refractivity contribution in [3.63, 3.8) is 0 Å². The average molecular weight is 224 g/mol. The third kappa shape index (κ3) is 2.26. The minimum Gasteiger partial charge on any atom is -0.269 e. The molecule has 0 saturated heterocycles. The van der Waals surface area contributed by atoms with E-state index in [0.717, 1.165) is 0 Å². The molecule has 0 N–H and O–H groups in total. The van der Waals surface area contributed by atoms with Crippen molar-refractivity contribution in [1.29, 1.82) is 0 Å². The van der Waals surface area contributed by atoms with Gasteiger partial charge in [0, 0.05) is 3.57 Å². The molecule has 0 amide bonds. The summed E-state index contributed by atoms with van der Waals surface area (Å²) in [7, 11) is 0. The SMILES string of the molecule is F.Ic1ccccc1. The Kier molecular flexibility index (Phi) is 3.77. The molecule has 0 aliphatic rings. The van der Waals surface area contributed by atoms with Crippen molar-refractivity contribution in [2.75, 3.05) is 0 Å². The Labute approximate surface area is 61.4 Å². The molecule has 8 heavy (non-hydrogen) atoms. The Morgan fingerprint density at radius 3 is 1.75 bits per heavy atom. The molecule has 0 heterocycles. The molecule has 0 radical (unpaired) electrons. The van der Waals surface area contributed by atoms with Crippen LogP contribution in [0.15, 0.2) is 30.3 Å². The highest BCUT2D eigenvalue weighted by molar-refractivity contribution is 14.1. The van der Waals surface area contributed by atoms with Crippen LogP contribution in [0, 0.1) is 3.57 Å². The van der Waals surface area contributed by atoms with E-state index in [1.54, 1.807) is 0 Å². The van der Waals surface area contributed by atoms with Gasteiger partial charge in [-0.1, -0.05) is 18.2 Å². The maximum absolute atomic E-state index is 2.28. The Hall–Kier alpha value is -0.120. The summed E-state index contributed by atoms with van der Waals surface area (Å²) in [5.41, 5.74) is 0. The van der Waals surface area contributed by atoms with Gasteiger partial charge in [-0.3, -0.25) is 4.70 Å². The molecular formula is C6H6FI. The van der Waals surface area contributed by atoms with E-state index in [4.69, 9.17) is 0 Å². The second-order valence-electron chi connectivity index (χ2n) is 1.30. The van der Waals surface area contributed by atoms with Crippen LogP contribution >= 0.6 is 22.6 Å². The van der Waals surface area contributed by atoms with Crippen LogP contribution < -0.4 is 0 Å². The number of hydrogen-bond donors (Lipinski definition) is 0. The summed E-state index contributed by atoms with van der Waals surface area (Å²) in [4.78, 5) is 0. The Morgan fingerprint density at radius 1 is 1.00 bits per heavy atom. The summed E-state index contributed by atoms with van der Waals surface area (Å²) in [5.74, 6) is 0. The molecule has 0 fully saturated rings. The van der Waals surface area contributed by atoms with Crippen LogP contribution in [0.1, 0.15) is 0 Å². The highest BCUT2D eigenvalue weighted by Crippen LogP contribution is 1.99. The number of benzene rings is 1. The van der Waals surface area contributed by atoms with Crippen molar-refractivity contribution in [2.45, 2.75) is 0 Å². The van der Waals surface area contributed by atoms with Crippen molar-refractivity contribution < 1.29 is 4.70 Å². The van der Waals surface area contributed by atoms with Gasteiger partial charge < -0.3 is 0 Å². The molecule has 0 unspecified atom stereocenters. The molecule has 2 heteroatoms. The van der Waals surface area contributed by atoms with Crippen LogP contribution in [0.2, 0.25) is 0 Å². The summed E-state index contributed by atoms with van der Waals surface area (Å²) in [6.07, 6.45) is 0. The largest absolute Gasteiger partial charge is 0.269 e. The fraction of sp³-hybridized carbons (Fsp3) is 0. The van der Waals surface area contributed by atoms with E-state index in [1.165, 1.54) is 3.57 Å². The molecule has 0 bridgehead atoms. The summed E-state index contributed by atoms with van der Waals surface area (Å²) >= 11 is 2.28. The first-order chi connectivity index (χ1) is 3.39. The molecule has 1 aromatic rings. The van der Waals surface area contributed by atoms with E-state index in [0.29, 0.717) is 0 Å². The lowest BCUT2D eigenvalue weighted by Crippen LogP contribution is -1.61. The van der Waals surface area contributed by atoms with Crippen molar-refractivity contribution in [1.82, 2.24) is 0 Å². The predicted molar refractivity (Wildman–Crippen MR) is 41.7 cm³/mol. The Balaban J connectivity index is 0.000000490. The molecule has 0 aliphatic carbocycles. The highest BCUT2D eigenvalue weighted by Gasteiger charge is 1.74. The van der Waals surface area contributed by atoms with Gasteiger partial charge in [0.1, 0.15) is 0 Å². The Bertz CT molecular complexity index is 138. The summed E-state index contributed by atoms with van der Waals surface area (Å²) in [6, 6.07) is 10.2. The lowest BCUT2D eigenvalue weighted by Gasteiger charge is -1.80. The molecule has 1 rings (SSSR count). The van der Waals surface area contributed by atoms with Crippen LogP contribution in [-0.2, 0) is 0 Å². The average Bonchev–Trinajstić information content (AvgIpc) is 1.69. The van der Waals surface area contributed by atoms with Crippen LogP contribution in [-0.4, -0.2) is 0 Å². The minimum absolute atomic E-state index is 0. The first-order valence-corrected chi connectivity index (χ1v) is 3.18. The molecule has 0 aromatic heterocycles. The molecule has 0 aliphatic heterocycles. The number of hydrogen-bond acceptors (Lipinski definition) is 0. The highest BCUT2D eigenvalue weighted by atomic mass is 127. The number of rotatable bonds is 0. The van der Waals surface area contributed by atoms with Gasteiger partial charge in [-0.25, -0.2) is 0 Å². The van der Waals surface area contributed by atoms with Gasteiger partial charge in [0.25, 0.3) is 0 Å². The zero-order chi connectivity index (χ0) is 5.11. The second-order valence-corrected chi connectivity index (χ2v) is 2.54. The quantitative estimate of drug-likeness (QED) is 0.593. The van der Waals surface area contributed by atoms with Gasteiger partial charge in [-0.05, 0) is 34.7 Å². The molecule has 0 spiro atoms. The topological polar surface area (TPSA) is 0 Å². The fourth-order valence-electron chi connectivity index (χ4n) is 0.415. The van der Waals surface area contributed by atoms with Gasteiger partial charge >= 0.3 is 0 Å². The van der Waals surface area contributed by atoms with Gasteiger partial charge in [-0.2, -0.15) is 0 Å². The second kappa shape index (κ2) is 3.83. The summed E-state index contributed by atoms with van der Waals surface area (Å²) in [6.45, 7) is 0. The third-order valence-corrected chi connectivity index (χ3v) is 1.45. The van der Waals surface area contributed by atoms with Crippen molar-refractivity contribution >= 4 is 22.6 Å². The van der Waals surface area contributed by atoms with Crippen molar-refractivity contribution in [2.24, 2.45) is 0 Å². The monoisotopic (exact) mass is 224 g/mol. The van der Waals surface area contributed by atoms with E-state index in [9.17, 15) is 0 Å². The molecule has 0 atom stereocenters. The maximum atomic E-state index is 2.28. The zero-order valence-corrected chi connectivity index (χ0v) is 6.33. The van der Waals surface area contributed by atoms with Gasteiger partial charge in [-0.15, -0.1) is 0 Å². The van der Waals surface area contributed by atoms with Crippen LogP contribution in [0.3, 0.4) is 0 Å². The molecule has 0 nitrogen and oxygen atoms in total. The lowest BCUT2D eigenvalue weighted by atomic mass is 10.4. The third-order valence-electron chi connectivity index (χ3n) is 0.733. The first kappa shape index (κ1) is 7.88. The van der Waals surface area contributed by atoms with E-state index >= 15 is 0 Å². The van der Waals surface area contributed by atoms with Crippen LogP contribution in [0.5, 0.6) is 0 Å². The minimum atomic E-state index is 0. The van der Waals surface area contributed by atoms with E-state index in [1.807, 2.05) is 18.2 Å². The van der Waals surface area contributed by atoms with E-state index < -0.39 is 0 Å². The first-order valence-electron chi connectivity index (χ1n) is 2.10. The van der Waals surface area contributed by atoms with Crippen molar-refractivity contribution in [3.05, 3.63) is 33.9 Å². The van der Waals surface area contributed by atoms with Gasteiger partial charge in [0.2, 0.25) is 0 Å². The van der Waals surface area contributed by atoms with Crippen LogP contribution in [0.4, 0.5) is 4.70 Å². The van der Waals surface area contributed by atoms with E-state index in [-0.39, 0.29) is 4.70 Å². The van der Waals surface area contributed by atoms with Gasteiger partial charge in [0.15, 0.2) is 0 Å². The smallest absolute Gasteiger partial charge is 0.0130 e. The van der Waals surface area contributed by atoms with E-state index in [2.05, 4.69) is 34.7 Å². The Morgan fingerprint density at radius 2 is 1.50 bits per heavy atom. The van der Waals surface area contributed by atoms with Crippen LogP contribution in [0.25, 0.3) is 0 Å². The summed E-state index contributed by atoms with van der Waals surface area (Å²) < 4.78 is 1.29. The van der Waals surface area contributed by atoms with Gasteiger partial charge in [0.05, 0.1) is 0 Å². The summed E-state index contributed by atoms with van der Waals surface area (Å²) in [5, 5.41) is 0. The molecular weight excluding hydrogens is 218 g/mol. The standard InChI is InChI=1S/C6H5I.FH/c7-6-4-2-1-3-5-6;/h1-5H;1H. The zero-order valence-electron chi connectivity index (χ0n) is 4.17. The maximum Gasteiger partial charge on any atom is 0.0130 e. The fourth-order valence-corrected chi connectivity index (χ4v) is 0.830. The predicted octanol–water partition coefficient (Wildman–Crippen LogP) is 2.44. The molecule has 0 saturated carbocycles. The lowest BCUT2D eigenvalue weighted by molar-refractivity contribution is 1.11. The normalized spacial score (nSPS) is 7.62. The molecule has 44 valence electrons.